The Morgan fingerprint density at radius 2 is 2.04 bits per heavy atom. The molecule has 128 valence electrons. The summed E-state index contributed by atoms with van der Waals surface area (Å²) < 4.78 is 6.42. The first-order valence-electron chi connectivity index (χ1n) is 7.17. The van der Waals surface area contributed by atoms with Crippen LogP contribution in [0.2, 0.25) is 0 Å². The molecule has 0 saturated carbocycles. The molecule has 2 heterocycles. The van der Waals surface area contributed by atoms with Gasteiger partial charge in [-0.25, -0.2) is 4.79 Å². The van der Waals surface area contributed by atoms with E-state index in [2.05, 4.69) is 10.4 Å². The quantitative estimate of drug-likeness (QED) is 0.796. The van der Waals surface area contributed by atoms with Crippen molar-refractivity contribution in [3.63, 3.8) is 0 Å². The molecule has 0 aromatic carbocycles. The largest absolute Gasteiger partial charge is 0.465 e. The maximum atomic E-state index is 12.5. The van der Waals surface area contributed by atoms with Gasteiger partial charge in [-0.3, -0.25) is 14.3 Å². The molecule has 2 rings (SSSR count). The van der Waals surface area contributed by atoms with Gasteiger partial charge >= 0.3 is 5.97 Å². The van der Waals surface area contributed by atoms with Crippen molar-refractivity contribution in [3.05, 3.63) is 33.5 Å². The van der Waals surface area contributed by atoms with Crippen LogP contribution in [-0.4, -0.2) is 34.7 Å². The van der Waals surface area contributed by atoms with Crippen molar-refractivity contribution >= 4 is 34.1 Å². The fraction of sp³-hybridized carbons (Fsp3) is 0.333. The lowest BCUT2D eigenvalue weighted by Gasteiger charge is -2.06. The molecular weight excluding hydrogens is 332 g/mol. The van der Waals surface area contributed by atoms with Crippen molar-refractivity contribution in [3.8, 4) is 0 Å². The number of nitrogens with one attached hydrogen (secondary N) is 1. The number of esters is 1. The molecule has 0 atom stereocenters. The summed E-state index contributed by atoms with van der Waals surface area (Å²) in [6.07, 6.45) is 1.46. The number of methoxy groups -OCH3 is 1. The monoisotopic (exact) mass is 350 g/mol. The molecule has 2 aromatic heterocycles. The van der Waals surface area contributed by atoms with E-state index in [1.54, 1.807) is 18.5 Å². The van der Waals surface area contributed by atoms with Crippen molar-refractivity contribution in [1.82, 2.24) is 9.78 Å². The summed E-state index contributed by atoms with van der Waals surface area (Å²) in [5, 5.41) is 6.99. The molecule has 8 nitrogen and oxygen atoms in total. The molecule has 3 N–H and O–H groups in total. The number of hydrogen-bond acceptors (Lipinski definition) is 6. The first kappa shape index (κ1) is 17.7. The van der Waals surface area contributed by atoms with Crippen molar-refractivity contribution in [2.24, 2.45) is 5.73 Å². The minimum atomic E-state index is -0.668. The summed E-state index contributed by atoms with van der Waals surface area (Å²) in [6.45, 7) is 5.91. The van der Waals surface area contributed by atoms with Crippen LogP contribution < -0.4 is 11.1 Å². The molecule has 0 spiro atoms. The number of anilines is 1. The van der Waals surface area contributed by atoms with Gasteiger partial charge in [-0.15, -0.1) is 11.3 Å². The van der Waals surface area contributed by atoms with Crippen molar-refractivity contribution in [2.45, 2.75) is 27.3 Å². The van der Waals surface area contributed by atoms with Gasteiger partial charge in [-0.2, -0.15) is 5.10 Å². The van der Waals surface area contributed by atoms with E-state index in [4.69, 9.17) is 10.5 Å². The van der Waals surface area contributed by atoms with Gasteiger partial charge in [0.15, 0.2) is 0 Å². The van der Waals surface area contributed by atoms with Gasteiger partial charge in [-0.1, -0.05) is 0 Å². The zero-order valence-electron chi connectivity index (χ0n) is 13.8. The minimum Gasteiger partial charge on any atom is -0.465 e. The number of aryl methyl sites for hydroxylation is 1. The second-order valence-corrected chi connectivity index (χ2v) is 6.05. The van der Waals surface area contributed by atoms with Crippen LogP contribution in [0.4, 0.5) is 5.00 Å². The Labute approximate surface area is 142 Å². The minimum absolute atomic E-state index is 0.130. The Hall–Kier alpha value is -2.68. The number of primary amides is 1. The lowest BCUT2D eigenvalue weighted by atomic mass is 10.1. The van der Waals surface area contributed by atoms with Crippen LogP contribution in [-0.2, 0) is 11.3 Å². The molecule has 0 radical (unpaired) electrons. The summed E-state index contributed by atoms with van der Waals surface area (Å²) in [5.41, 5.74) is 6.93. The summed E-state index contributed by atoms with van der Waals surface area (Å²) >= 11 is 0.945. The smallest absolute Gasteiger partial charge is 0.341 e. The zero-order valence-corrected chi connectivity index (χ0v) is 14.6. The number of carbonyl (C=O) groups is 3. The fourth-order valence-electron chi connectivity index (χ4n) is 2.34. The van der Waals surface area contributed by atoms with Crippen LogP contribution in [0.1, 0.15) is 48.6 Å². The molecule has 0 bridgehead atoms. The number of nitrogens with zero attached hydrogens (tertiary/aromatic N) is 2. The second kappa shape index (κ2) is 6.83. The van der Waals surface area contributed by atoms with Gasteiger partial charge in [0, 0.05) is 12.2 Å². The lowest BCUT2D eigenvalue weighted by molar-refractivity contribution is 0.0601. The second-order valence-electron chi connectivity index (χ2n) is 5.03. The van der Waals surface area contributed by atoms with Crippen LogP contribution in [0.3, 0.4) is 0 Å². The Morgan fingerprint density at radius 1 is 1.38 bits per heavy atom. The van der Waals surface area contributed by atoms with Gasteiger partial charge in [0.2, 0.25) is 0 Å². The highest BCUT2D eigenvalue weighted by molar-refractivity contribution is 7.18. The number of aromatic nitrogens is 2. The number of amides is 2. The third kappa shape index (κ3) is 3.02. The van der Waals surface area contributed by atoms with Gasteiger partial charge in [0.25, 0.3) is 11.8 Å². The molecular formula is C15H18N4O4S. The maximum absolute atomic E-state index is 12.5. The van der Waals surface area contributed by atoms with Crippen molar-refractivity contribution < 1.29 is 19.1 Å². The third-order valence-corrected chi connectivity index (χ3v) is 4.86. The van der Waals surface area contributed by atoms with E-state index in [1.807, 2.05) is 6.92 Å². The standard InChI is InChI=1S/C15H18N4O4S/c1-5-19-8(3)9(6-17-19)13(21)18-14-10(15(22)23-4)7(2)11(24-14)12(16)20/h6H,5H2,1-4H3,(H2,16,20)(H,18,21). The average molecular weight is 350 g/mol. The molecule has 24 heavy (non-hydrogen) atoms. The van der Waals surface area contributed by atoms with Gasteiger partial charge < -0.3 is 15.8 Å². The van der Waals surface area contributed by atoms with Crippen molar-refractivity contribution in [1.29, 1.82) is 0 Å². The molecule has 0 aliphatic heterocycles. The van der Waals surface area contributed by atoms with E-state index < -0.39 is 17.8 Å². The Morgan fingerprint density at radius 3 is 2.54 bits per heavy atom. The van der Waals surface area contributed by atoms with Crippen LogP contribution in [0.25, 0.3) is 0 Å². The predicted molar refractivity (Wildman–Crippen MR) is 89.5 cm³/mol. The molecule has 9 heteroatoms. The number of nitrogens with two attached hydrogens (primary N) is 1. The molecule has 2 amide bonds. The van der Waals surface area contributed by atoms with Crippen LogP contribution in [0.5, 0.6) is 0 Å². The molecule has 0 unspecified atom stereocenters. The Bertz CT molecular complexity index is 822. The zero-order chi connectivity index (χ0) is 18.0. The highest BCUT2D eigenvalue weighted by Gasteiger charge is 2.26. The number of carbonyl (C=O) groups excluding carboxylic acids is 3. The topological polar surface area (TPSA) is 116 Å². The molecule has 0 saturated heterocycles. The summed E-state index contributed by atoms with van der Waals surface area (Å²) in [6, 6.07) is 0. The van der Waals surface area contributed by atoms with E-state index in [9.17, 15) is 14.4 Å². The lowest BCUT2D eigenvalue weighted by Crippen LogP contribution is -2.15. The highest BCUT2D eigenvalue weighted by Crippen LogP contribution is 2.33. The molecule has 0 aliphatic carbocycles. The van der Waals surface area contributed by atoms with E-state index in [-0.39, 0.29) is 15.4 Å². The molecule has 0 fully saturated rings. The molecule has 0 aliphatic rings. The SMILES string of the molecule is CCn1ncc(C(=O)Nc2sc(C(N)=O)c(C)c2C(=O)OC)c1C. The Kier molecular flexibility index (Phi) is 5.03. The number of hydrogen-bond donors (Lipinski definition) is 2. The highest BCUT2D eigenvalue weighted by atomic mass is 32.1. The third-order valence-electron chi connectivity index (χ3n) is 3.63. The number of ether oxygens (including phenoxy) is 1. The number of thiophene rings is 1. The van der Waals surface area contributed by atoms with Crippen LogP contribution >= 0.6 is 11.3 Å². The van der Waals surface area contributed by atoms with Crippen molar-refractivity contribution in [2.75, 3.05) is 12.4 Å². The van der Waals surface area contributed by atoms with Gasteiger partial charge in [0.1, 0.15) is 5.00 Å². The van der Waals surface area contributed by atoms with E-state index in [1.165, 1.54) is 13.3 Å². The van der Waals surface area contributed by atoms with Gasteiger partial charge in [0.05, 0.1) is 29.3 Å². The number of rotatable bonds is 5. The van der Waals surface area contributed by atoms with Crippen LogP contribution in [0.15, 0.2) is 6.20 Å². The summed E-state index contributed by atoms with van der Waals surface area (Å²) in [4.78, 5) is 36.2. The first-order valence-corrected chi connectivity index (χ1v) is 7.98. The average Bonchev–Trinajstić information content (AvgIpc) is 3.06. The molecule has 2 aromatic rings. The Balaban J connectivity index is 2.43. The van der Waals surface area contributed by atoms with E-state index in [0.717, 1.165) is 11.3 Å². The van der Waals surface area contributed by atoms with Gasteiger partial charge in [-0.05, 0) is 26.3 Å². The van der Waals surface area contributed by atoms with Crippen LogP contribution in [0, 0.1) is 13.8 Å². The van der Waals surface area contributed by atoms with E-state index >= 15 is 0 Å². The summed E-state index contributed by atoms with van der Waals surface area (Å²) in [5.74, 6) is -1.74. The fourth-order valence-corrected chi connectivity index (χ4v) is 3.39. The first-order chi connectivity index (χ1) is 11.3. The maximum Gasteiger partial charge on any atom is 0.341 e. The normalized spacial score (nSPS) is 10.5. The van der Waals surface area contributed by atoms with E-state index in [0.29, 0.717) is 23.4 Å². The summed E-state index contributed by atoms with van der Waals surface area (Å²) in [7, 11) is 1.23. The predicted octanol–water partition coefficient (Wildman–Crippen LogP) is 1.72.